The van der Waals surface area contributed by atoms with Crippen molar-refractivity contribution in [3.63, 3.8) is 0 Å². The fraction of sp³-hybridized carbons (Fsp3) is 0.541. The van der Waals surface area contributed by atoms with Crippen molar-refractivity contribution in [1.29, 1.82) is 0 Å². The number of hydrogen-bond donors (Lipinski definition) is 1. The smallest absolute Gasteiger partial charge is 0.115 e. The number of allylic oxidation sites excluding steroid dienone is 9. The summed E-state index contributed by atoms with van der Waals surface area (Å²) in [6.07, 6.45) is 19.1. The molecule has 0 amide bonds. The van der Waals surface area contributed by atoms with Gasteiger partial charge in [0, 0.05) is 31.2 Å². The minimum absolute atomic E-state index is 0.191. The Morgan fingerprint density at radius 2 is 1.90 bits per heavy atom. The number of aliphatic imine (C=N–C) groups is 1. The SMILES string of the molecule is C/C=C\C(=C/CC)C1=C(C2=CCC(C)(C)CC2)CCCc2cc(O)ccc21.C=N/C(=C\C)CN1CC(CF)C1.CC. The van der Waals surface area contributed by atoms with Gasteiger partial charge in [-0.1, -0.05) is 71.1 Å². The Morgan fingerprint density at radius 1 is 1.17 bits per heavy atom. The first kappa shape index (κ1) is 34.5. The van der Waals surface area contributed by atoms with Crippen molar-refractivity contribution in [3.05, 3.63) is 82.1 Å². The fourth-order valence-corrected chi connectivity index (χ4v) is 5.79. The number of benzene rings is 1. The van der Waals surface area contributed by atoms with Crippen LogP contribution >= 0.6 is 0 Å². The monoisotopic (exact) mass is 562 g/mol. The highest BCUT2D eigenvalue weighted by Crippen LogP contribution is 2.44. The molecular formula is C37H55FN2O. The Kier molecular flexibility index (Phi) is 14.5. The van der Waals surface area contributed by atoms with Crippen LogP contribution in [0.4, 0.5) is 4.39 Å². The Balaban J connectivity index is 0.000000352. The number of hydrogen-bond acceptors (Lipinski definition) is 3. The van der Waals surface area contributed by atoms with E-state index in [0.717, 1.165) is 57.4 Å². The van der Waals surface area contributed by atoms with E-state index in [1.807, 2.05) is 39.0 Å². The van der Waals surface area contributed by atoms with Crippen LogP contribution < -0.4 is 0 Å². The molecule has 3 nitrogen and oxygen atoms in total. The zero-order chi connectivity index (χ0) is 30.4. The van der Waals surface area contributed by atoms with Crippen LogP contribution in [0, 0.1) is 11.3 Å². The molecule has 0 spiro atoms. The van der Waals surface area contributed by atoms with Gasteiger partial charge in [-0.15, -0.1) is 0 Å². The molecule has 2 aliphatic carbocycles. The summed E-state index contributed by atoms with van der Waals surface area (Å²) in [6, 6.07) is 5.95. The van der Waals surface area contributed by atoms with Crippen LogP contribution in [0.5, 0.6) is 5.75 Å². The second kappa shape index (κ2) is 17.3. The molecule has 4 rings (SSSR count). The summed E-state index contributed by atoms with van der Waals surface area (Å²) in [5, 5.41) is 10.0. The number of aryl methyl sites for hydroxylation is 1. The number of fused-ring (bicyclic) bond motifs is 1. The summed E-state index contributed by atoms with van der Waals surface area (Å²) in [5.74, 6) is 0.634. The zero-order valence-corrected chi connectivity index (χ0v) is 26.9. The first-order chi connectivity index (χ1) is 19.7. The maximum Gasteiger partial charge on any atom is 0.115 e. The van der Waals surface area contributed by atoms with Crippen molar-refractivity contribution in [2.75, 3.05) is 26.3 Å². The Morgan fingerprint density at radius 3 is 2.46 bits per heavy atom. The number of halogens is 1. The Hall–Kier alpha value is -2.72. The maximum atomic E-state index is 12.0. The molecule has 1 heterocycles. The summed E-state index contributed by atoms with van der Waals surface area (Å²) >= 11 is 0. The predicted octanol–water partition coefficient (Wildman–Crippen LogP) is 10.0. The van der Waals surface area contributed by atoms with Gasteiger partial charge in [0.1, 0.15) is 5.75 Å². The molecule has 1 saturated heterocycles. The molecule has 1 aliphatic heterocycles. The second-order valence-corrected chi connectivity index (χ2v) is 11.9. The lowest BCUT2D eigenvalue weighted by Crippen LogP contribution is -2.48. The molecule has 4 heteroatoms. The summed E-state index contributed by atoms with van der Waals surface area (Å²) < 4.78 is 12.0. The highest BCUT2D eigenvalue weighted by molar-refractivity contribution is 5.88. The van der Waals surface area contributed by atoms with Crippen LogP contribution in [0.1, 0.15) is 98.1 Å². The highest BCUT2D eigenvalue weighted by Gasteiger charge is 2.27. The molecule has 0 unspecified atom stereocenters. The van der Waals surface area contributed by atoms with E-state index < -0.39 is 0 Å². The largest absolute Gasteiger partial charge is 0.508 e. The van der Waals surface area contributed by atoms with Gasteiger partial charge in [-0.3, -0.25) is 14.3 Å². The zero-order valence-electron chi connectivity index (χ0n) is 26.9. The topological polar surface area (TPSA) is 35.8 Å². The number of likely N-dealkylation sites (tertiary alicyclic amines) is 1. The van der Waals surface area contributed by atoms with Gasteiger partial charge < -0.3 is 5.11 Å². The second-order valence-electron chi connectivity index (χ2n) is 11.9. The summed E-state index contributed by atoms with van der Waals surface area (Å²) in [4.78, 5) is 6.03. The third-order valence-electron chi connectivity index (χ3n) is 8.12. The third-order valence-corrected chi connectivity index (χ3v) is 8.12. The number of aromatic hydroxyl groups is 1. The minimum atomic E-state index is -0.191. The molecule has 3 aliphatic rings. The van der Waals surface area contributed by atoms with Gasteiger partial charge >= 0.3 is 0 Å². The summed E-state index contributed by atoms with van der Waals surface area (Å²) in [7, 11) is 0. The molecule has 1 fully saturated rings. The van der Waals surface area contributed by atoms with E-state index in [1.165, 1.54) is 40.7 Å². The average Bonchev–Trinajstić information content (AvgIpc) is 3.13. The van der Waals surface area contributed by atoms with Gasteiger partial charge in [-0.2, -0.15) is 0 Å². The molecule has 0 bridgehead atoms. The van der Waals surface area contributed by atoms with Crippen LogP contribution in [-0.4, -0.2) is 43.0 Å². The van der Waals surface area contributed by atoms with Crippen molar-refractivity contribution < 1.29 is 9.50 Å². The van der Waals surface area contributed by atoms with Crippen molar-refractivity contribution in [2.45, 2.75) is 93.4 Å². The van der Waals surface area contributed by atoms with E-state index in [1.54, 1.807) is 5.57 Å². The van der Waals surface area contributed by atoms with E-state index in [0.29, 0.717) is 11.2 Å². The summed E-state index contributed by atoms with van der Waals surface area (Å²) in [5.41, 5.74) is 9.80. The van der Waals surface area contributed by atoms with Gasteiger partial charge in [0.05, 0.1) is 6.67 Å². The van der Waals surface area contributed by atoms with Crippen LogP contribution in [0.3, 0.4) is 0 Å². The van der Waals surface area contributed by atoms with Crippen molar-refractivity contribution in [1.82, 2.24) is 4.90 Å². The van der Waals surface area contributed by atoms with Crippen LogP contribution in [0.2, 0.25) is 0 Å². The molecule has 41 heavy (non-hydrogen) atoms. The first-order valence-corrected chi connectivity index (χ1v) is 15.7. The third kappa shape index (κ3) is 9.95. The van der Waals surface area contributed by atoms with E-state index in [4.69, 9.17) is 0 Å². The molecule has 1 aromatic carbocycles. The number of nitrogens with zero attached hydrogens (tertiary/aromatic N) is 2. The lowest BCUT2D eigenvalue weighted by Gasteiger charge is -2.37. The highest BCUT2D eigenvalue weighted by atomic mass is 19.1. The van der Waals surface area contributed by atoms with Crippen LogP contribution in [0.25, 0.3) is 5.57 Å². The number of phenols is 1. The molecule has 0 atom stereocenters. The molecule has 0 aromatic heterocycles. The lowest BCUT2D eigenvalue weighted by atomic mass is 9.75. The standard InChI is InChI=1S/C26H34O.C9H15FN2.C2H6/c1-5-8-20(9-6-2)25-23(19-14-16-26(3,4)17-15-19)11-7-10-21-18-22(27)12-13-24(21)25;1-3-9(11-2)7-12-5-8(4-10)6-12;1-2/h5,8-9,12-14,18,27H,6-7,10-11,15-17H2,1-4H3;3,8H,2,4-7H2,1H3;1-2H3/b8-5-,20-9+;9-3-;. The molecule has 0 saturated carbocycles. The quantitative estimate of drug-likeness (QED) is 0.253. The Labute approximate surface area is 250 Å². The van der Waals surface area contributed by atoms with Gasteiger partial charge in [0.25, 0.3) is 0 Å². The van der Waals surface area contributed by atoms with Crippen molar-refractivity contribution in [2.24, 2.45) is 16.3 Å². The van der Waals surface area contributed by atoms with Gasteiger partial charge in [0.2, 0.25) is 0 Å². The minimum Gasteiger partial charge on any atom is -0.508 e. The predicted molar refractivity (Wildman–Crippen MR) is 177 cm³/mol. The normalized spacial score (nSPS) is 19.7. The lowest BCUT2D eigenvalue weighted by molar-refractivity contribution is 0.0908. The van der Waals surface area contributed by atoms with Crippen LogP contribution in [-0.2, 0) is 6.42 Å². The van der Waals surface area contributed by atoms with E-state index in [-0.39, 0.29) is 12.6 Å². The maximum absolute atomic E-state index is 12.0. The van der Waals surface area contributed by atoms with Crippen molar-refractivity contribution in [3.8, 4) is 5.75 Å². The van der Waals surface area contributed by atoms with Gasteiger partial charge in [0.15, 0.2) is 0 Å². The summed E-state index contributed by atoms with van der Waals surface area (Å²) in [6.45, 7) is 20.8. The number of alkyl halides is 1. The van der Waals surface area contributed by atoms with E-state index in [2.05, 4.69) is 74.7 Å². The van der Waals surface area contributed by atoms with Gasteiger partial charge in [-0.05, 0) is 116 Å². The molecule has 0 radical (unpaired) electrons. The average molecular weight is 563 g/mol. The fourth-order valence-electron chi connectivity index (χ4n) is 5.79. The molecular weight excluding hydrogens is 507 g/mol. The van der Waals surface area contributed by atoms with Crippen LogP contribution in [0.15, 0.2) is 76.0 Å². The number of rotatable bonds is 8. The molecule has 1 aromatic rings. The molecule has 226 valence electrons. The molecule has 1 N–H and O–H groups in total. The Bertz CT molecular complexity index is 1150. The van der Waals surface area contributed by atoms with E-state index in [9.17, 15) is 9.50 Å². The van der Waals surface area contributed by atoms with Crippen molar-refractivity contribution >= 4 is 12.3 Å². The van der Waals surface area contributed by atoms with E-state index >= 15 is 0 Å². The number of phenolic OH excluding ortho intramolecular Hbond substituents is 1. The van der Waals surface area contributed by atoms with Gasteiger partial charge in [-0.25, -0.2) is 0 Å². The first-order valence-electron chi connectivity index (χ1n) is 15.7.